The first-order chi connectivity index (χ1) is 13.0. The van der Waals surface area contributed by atoms with Crippen molar-refractivity contribution in [3.8, 4) is 11.3 Å². The first-order valence-electron chi connectivity index (χ1n) is 9.20. The Hall–Kier alpha value is -2.43. The quantitative estimate of drug-likeness (QED) is 0.742. The van der Waals surface area contributed by atoms with Gasteiger partial charge in [-0.3, -0.25) is 9.69 Å². The monoisotopic (exact) mass is 379 g/mol. The third-order valence-corrected chi connectivity index (χ3v) is 5.46. The summed E-state index contributed by atoms with van der Waals surface area (Å²) in [7, 11) is 0. The van der Waals surface area contributed by atoms with Gasteiger partial charge in [0.25, 0.3) is 0 Å². The lowest BCUT2D eigenvalue weighted by Crippen LogP contribution is -2.53. The summed E-state index contributed by atoms with van der Waals surface area (Å²) >= 11 is 6.24. The lowest BCUT2D eigenvalue weighted by atomic mass is 10.0. The number of nitrogens with zero attached hydrogens (tertiary/aromatic N) is 2. The summed E-state index contributed by atoms with van der Waals surface area (Å²) in [6.45, 7) is 6.21. The minimum atomic E-state index is -0.154. The minimum absolute atomic E-state index is 0.0788. The van der Waals surface area contributed by atoms with Crippen molar-refractivity contribution in [3.63, 3.8) is 0 Å². The van der Waals surface area contributed by atoms with E-state index in [1.54, 1.807) is 0 Å². The molecule has 5 heteroatoms. The molecule has 0 spiro atoms. The van der Waals surface area contributed by atoms with Crippen molar-refractivity contribution in [2.45, 2.75) is 26.4 Å². The van der Waals surface area contributed by atoms with Crippen LogP contribution < -0.4 is 5.32 Å². The average Bonchev–Trinajstić information content (AvgIpc) is 2.65. The van der Waals surface area contributed by atoms with Gasteiger partial charge in [-0.1, -0.05) is 41.9 Å². The summed E-state index contributed by atoms with van der Waals surface area (Å²) in [6, 6.07) is 16.1. The van der Waals surface area contributed by atoms with Crippen molar-refractivity contribution >= 4 is 28.4 Å². The fourth-order valence-electron chi connectivity index (χ4n) is 3.66. The predicted molar refractivity (Wildman–Crippen MR) is 110 cm³/mol. The number of piperazine rings is 1. The van der Waals surface area contributed by atoms with E-state index in [1.165, 1.54) is 0 Å². The van der Waals surface area contributed by atoms with Crippen molar-refractivity contribution in [3.05, 3.63) is 64.7 Å². The van der Waals surface area contributed by atoms with Gasteiger partial charge in [0.1, 0.15) is 0 Å². The van der Waals surface area contributed by atoms with Crippen LogP contribution in [0.15, 0.2) is 48.5 Å². The molecule has 0 aliphatic carbocycles. The van der Waals surface area contributed by atoms with Gasteiger partial charge in [0, 0.05) is 35.6 Å². The second-order valence-electron chi connectivity index (χ2n) is 7.09. The number of hydrogen-bond acceptors (Lipinski definition) is 3. The zero-order valence-electron chi connectivity index (χ0n) is 15.5. The number of rotatable bonds is 3. The second kappa shape index (κ2) is 7.29. The predicted octanol–water partition coefficient (Wildman–Crippen LogP) is 4.18. The van der Waals surface area contributed by atoms with E-state index in [0.29, 0.717) is 18.1 Å². The van der Waals surface area contributed by atoms with E-state index in [2.05, 4.69) is 41.4 Å². The van der Waals surface area contributed by atoms with E-state index < -0.39 is 0 Å². The van der Waals surface area contributed by atoms with E-state index in [-0.39, 0.29) is 11.9 Å². The summed E-state index contributed by atoms with van der Waals surface area (Å²) in [6.07, 6.45) is 0. The van der Waals surface area contributed by atoms with Crippen LogP contribution in [0.2, 0.25) is 5.02 Å². The number of nitrogens with one attached hydrogen (secondary N) is 1. The first-order valence-corrected chi connectivity index (χ1v) is 9.57. The molecular formula is C22H22ClN3O. The molecule has 3 aromatic rings. The normalized spacial score (nSPS) is 17.9. The third-order valence-electron chi connectivity index (χ3n) is 5.22. The summed E-state index contributed by atoms with van der Waals surface area (Å²) in [4.78, 5) is 19.3. The topological polar surface area (TPSA) is 45.2 Å². The van der Waals surface area contributed by atoms with Crippen LogP contribution in [0.3, 0.4) is 0 Å². The molecule has 1 amide bonds. The van der Waals surface area contributed by atoms with E-state index in [1.807, 2.05) is 31.2 Å². The fraction of sp³-hybridized carbons (Fsp3) is 0.273. The molecule has 4 rings (SSSR count). The van der Waals surface area contributed by atoms with Gasteiger partial charge in [0.15, 0.2) is 0 Å². The van der Waals surface area contributed by atoms with Crippen molar-refractivity contribution in [2.75, 3.05) is 13.1 Å². The van der Waals surface area contributed by atoms with Gasteiger partial charge in [0.05, 0.1) is 17.3 Å². The number of benzene rings is 2. The Morgan fingerprint density at radius 2 is 2.04 bits per heavy atom. The number of aromatic nitrogens is 1. The molecule has 1 atom stereocenters. The van der Waals surface area contributed by atoms with E-state index in [9.17, 15) is 4.79 Å². The molecule has 1 aromatic heterocycles. The molecule has 4 nitrogen and oxygen atoms in total. The molecule has 1 fully saturated rings. The number of hydrogen-bond donors (Lipinski definition) is 1. The Bertz CT molecular complexity index is 1020. The largest absolute Gasteiger partial charge is 0.353 e. The lowest BCUT2D eigenvalue weighted by molar-refractivity contribution is -0.128. The highest BCUT2D eigenvalue weighted by atomic mass is 35.5. The molecule has 1 aliphatic rings. The molecule has 2 aromatic carbocycles. The van der Waals surface area contributed by atoms with Gasteiger partial charge in [0.2, 0.25) is 5.91 Å². The number of fused-ring (bicyclic) bond motifs is 1. The Morgan fingerprint density at radius 3 is 2.85 bits per heavy atom. The molecule has 1 aliphatic heterocycles. The Labute approximate surface area is 164 Å². The van der Waals surface area contributed by atoms with Crippen molar-refractivity contribution in [1.29, 1.82) is 0 Å². The van der Waals surface area contributed by atoms with E-state index in [0.717, 1.165) is 39.8 Å². The molecule has 138 valence electrons. The summed E-state index contributed by atoms with van der Waals surface area (Å²) in [5.74, 6) is 0.0788. The third kappa shape index (κ3) is 3.55. The van der Waals surface area contributed by atoms with Crippen LogP contribution in [0.5, 0.6) is 0 Å². The summed E-state index contributed by atoms with van der Waals surface area (Å²) in [5.41, 5.74) is 5.18. The summed E-state index contributed by atoms with van der Waals surface area (Å²) < 4.78 is 0. The Morgan fingerprint density at radius 1 is 1.22 bits per heavy atom. The highest BCUT2D eigenvalue weighted by Crippen LogP contribution is 2.30. The molecule has 1 N–H and O–H groups in total. The maximum absolute atomic E-state index is 12.1. The molecule has 0 saturated carbocycles. The minimum Gasteiger partial charge on any atom is -0.353 e. The number of aryl methyl sites for hydroxylation is 1. The highest BCUT2D eigenvalue weighted by Gasteiger charge is 2.26. The highest BCUT2D eigenvalue weighted by molar-refractivity contribution is 6.30. The van der Waals surface area contributed by atoms with Gasteiger partial charge < -0.3 is 5.32 Å². The number of para-hydroxylation sites is 1. The SMILES string of the molecule is Cc1cccc2cc(CN3CCNC(=O)C3C)c(-c3cccc(Cl)c3)nc12. The fourth-order valence-corrected chi connectivity index (χ4v) is 3.85. The van der Waals surface area contributed by atoms with Gasteiger partial charge in [-0.15, -0.1) is 0 Å². The van der Waals surface area contributed by atoms with Crippen LogP contribution in [0.4, 0.5) is 0 Å². The van der Waals surface area contributed by atoms with E-state index in [4.69, 9.17) is 16.6 Å². The molecule has 1 saturated heterocycles. The van der Waals surface area contributed by atoms with Crippen LogP contribution in [-0.4, -0.2) is 34.9 Å². The number of halogens is 1. The maximum Gasteiger partial charge on any atom is 0.237 e. The van der Waals surface area contributed by atoms with Crippen molar-refractivity contribution in [2.24, 2.45) is 0 Å². The zero-order valence-corrected chi connectivity index (χ0v) is 16.3. The molecule has 1 unspecified atom stereocenters. The Kier molecular flexibility index (Phi) is 4.85. The van der Waals surface area contributed by atoms with Crippen LogP contribution in [0, 0.1) is 6.92 Å². The van der Waals surface area contributed by atoms with Crippen molar-refractivity contribution < 1.29 is 4.79 Å². The zero-order chi connectivity index (χ0) is 19.0. The van der Waals surface area contributed by atoms with Crippen LogP contribution in [-0.2, 0) is 11.3 Å². The number of carbonyl (C=O) groups is 1. The average molecular weight is 380 g/mol. The Balaban J connectivity index is 1.84. The number of pyridine rings is 1. The van der Waals surface area contributed by atoms with Gasteiger partial charge in [-0.05, 0) is 43.2 Å². The smallest absolute Gasteiger partial charge is 0.237 e. The van der Waals surface area contributed by atoms with Crippen LogP contribution >= 0.6 is 11.6 Å². The van der Waals surface area contributed by atoms with Gasteiger partial charge >= 0.3 is 0 Å². The van der Waals surface area contributed by atoms with Crippen LogP contribution in [0.1, 0.15) is 18.1 Å². The van der Waals surface area contributed by atoms with Gasteiger partial charge in [-0.25, -0.2) is 4.98 Å². The van der Waals surface area contributed by atoms with Crippen molar-refractivity contribution in [1.82, 2.24) is 15.2 Å². The first kappa shape index (κ1) is 18.0. The number of amides is 1. The molecule has 0 radical (unpaired) electrons. The second-order valence-corrected chi connectivity index (χ2v) is 7.53. The van der Waals surface area contributed by atoms with Gasteiger partial charge in [-0.2, -0.15) is 0 Å². The molecular weight excluding hydrogens is 358 g/mol. The standard InChI is InChI=1S/C22H22ClN3O/c1-14-5-3-6-16-11-18(13-26-10-9-24-22(27)15(26)2)21(25-20(14)16)17-7-4-8-19(23)12-17/h3-8,11-12,15H,9-10,13H2,1-2H3,(H,24,27). The number of carbonyl (C=O) groups excluding carboxylic acids is 1. The van der Waals surface area contributed by atoms with Crippen LogP contribution in [0.25, 0.3) is 22.2 Å². The maximum atomic E-state index is 12.1. The molecule has 27 heavy (non-hydrogen) atoms. The lowest BCUT2D eigenvalue weighted by Gasteiger charge is -2.33. The molecule has 0 bridgehead atoms. The summed E-state index contributed by atoms with van der Waals surface area (Å²) in [5, 5.41) is 4.73. The van der Waals surface area contributed by atoms with E-state index >= 15 is 0 Å². The molecule has 2 heterocycles.